The van der Waals surface area contributed by atoms with Crippen molar-refractivity contribution in [1.82, 2.24) is 20.2 Å². The van der Waals surface area contributed by atoms with E-state index in [9.17, 15) is 19.2 Å². The van der Waals surface area contributed by atoms with Crippen LogP contribution in [0.4, 0.5) is 0 Å². The van der Waals surface area contributed by atoms with Crippen LogP contribution in [0.25, 0.3) is 11.0 Å². The van der Waals surface area contributed by atoms with Crippen LogP contribution in [0, 0.1) is 0 Å². The molecule has 0 unspecified atom stereocenters. The summed E-state index contributed by atoms with van der Waals surface area (Å²) in [5.74, 6) is -2.44. The number of fused-ring (bicyclic) bond motifs is 1. The highest BCUT2D eigenvalue weighted by Crippen LogP contribution is 2.24. The number of carboxylic acid groups (broad SMARTS) is 2. The second-order valence-electron chi connectivity index (χ2n) is 8.32. The Morgan fingerprint density at radius 2 is 1.26 bits per heavy atom. The second-order valence-corrected chi connectivity index (χ2v) is 9.26. The van der Waals surface area contributed by atoms with Crippen LogP contribution in [0.5, 0.6) is 0 Å². The Bertz CT molecular complexity index is 1480. The summed E-state index contributed by atoms with van der Waals surface area (Å²) in [5, 5.41) is 24.2. The Kier molecular flexibility index (Phi) is 8.39. The predicted octanol–water partition coefficient (Wildman–Crippen LogP) is 3.16. The zero-order valence-electron chi connectivity index (χ0n) is 20.1. The maximum atomic E-state index is 12.7. The highest BCUT2D eigenvalue weighted by Gasteiger charge is 2.16. The van der Waals surface area contributed by atoms with Crippen LogP contribution in [0.1, 0.15) is 31.8 Å². The van der Waals surface area contributed by atoms with Gasteiger partial charge in [0.05, 0.1) is 27.9 Å². The van der Waals surface area contributed by atoms with E-state index >= 15 is 0 Å². The molecule has 4 aromatic rings. The van der Waals surface area contributed by atoms with E-state index in [4.69, 9.17) is 10.2 Å². The standard InChI is InChI=1S/C27H24N4O6S/c32-23(28-13-17-5-9-19(10-6-17)25(34)35)15-31-22-4-2-1-3-21(22)30-27(31)38-16-24(33)29-14-18-7-11-20(12-8-18)26(36)37/h1-12H,13-16H2,(H,28,32)(H,29,33)(H,34,35)(H,36,37). The van der Waals surface area contributed by atoms with Gasteiger partial charge in [-0.3, -0.25) is 9.59 Å². The van der Waals surface area contributed by atoms with Crippen LogP contribution in [0.3, 0.4) is 0 Å². The molecule has 11 heteroatoms. The van der Waals surface area contributed by atoms with Crippen molar-refractivity contribution in [2.45, 2.75) is 24.8 Å². The highest BCUT2D eigenvalue weighted by atomic mass is 32.2. The number of carbonyl (C=O) groups excluding carboxylic acids is 2. The first-order valence-electron chi connectivity index (χ1n) is 11.6. The number of rotatable bonds is 11. The normalized spacial score (nSPS) is 10.7. The fourth-order valence-corrected chi connectivity index (χ4v) is 4.47. The van der Waals surface area contributed by atoms with Crippen molar-refractivity contribution in [2.24, 2.45) is 0 Å². The molecule has 0 atom stereocenters. The van der Waals surface area contributed by atoms with Crippen molar-refractivity contribution in [3.05, 3.63) is 95.1 Å². The summed E-state index contributed by atoms with van der Waals surface area (Å²) in [6.07, 6.45) is 0. The molecule has 0 fully saturated rings. The Morgan fingerprint density at radius 1 is 0.737 bits per heavy atom. The van der Waals surface area contributed by atoms with Gasteiger partial charge in [-0.2, -0.15) is 0 Å². The van der Waals surface area contributed by atoms with E-state index in [0.29, 0.717) is 10.7 Å². The molecule has 0 aliphatic rings. The minimum absolute atomic E-state index is 0.00635. The van der Waals surface area contributed by atoms with E-state index in [1.807, 2.05) is 24.3 Å². The smallest absolute Gasteiger partial charge is 0.335 e. The van der Waals surface area contributed by atoms with Crippen LogP contribution in [-0.4, -0.2) is 49.3 Å². The average Bonchev–Trinajstić information content (AvgIpc) is 3.27. The maximum absolute atomic E-state index is 12.7. The number of nitrogens with zero attached hydrogens (tertiary/aromatic N) is 2. The highest BCUT2D eigenvalue weighted by molar-refractivity contribution is 7.99. The van der Waals surface area contributed by atoms with Crippen LogP contribution >= 0.6 is 11.8 Å². The molecule has 1 heterocycles. The lowest BCUT2D eigenvalue weighted by Gasteiger charge is -2.10. The number of nitrogens with one attached hydrogen (secondary N) is 2. The molecule has 0 saturated carbocycles. The summed E-state index contributed by atoms with van der Waals surface area (Å²) in [5.41, 5.74) is 3.35. The molecule has 0 bridgehead atoms. The minimum Gasteiger partial charge on any atom is -0.478 e. The quantitative estimate of drug-likeness (QED) is 0.215. The minimum atomic E-state index is -1.01. The molecule has 4 N–H and O–H groups in total. The van der Waals surface area contributed by atoms with Crippen molar-refractivity contribution in [2.75, 3.05) is 5.75 Å². The first-order chi connectivity index (χ1) is 18.3. The van der Waals surface area contributed by atoms with Gasteiger partial charge in [0.2, 0.25) is 11.8 Å². The molecule has 0 aliphatic carbocycles. The van der Waals surface area contributed by atoms with E-state index in [-0.39, 0.29) is 48.3 Å². The Hall–Kier alpha value is -4.64. The third-order valence-corrected chi connectivity index (χ3v) is 6.61. The molecule has 38 heavy (non-hydrogen) atoms. The van der Waals surface area contributed by atoms with Crippen LogP contribution in [0.2, 0.25) is 0 Å². The van der Waals surface area contributed by atoms with Crippen molar-refractivity contribution < 1.29 is 29.4 Å². The first-order valence-corrected chi connectivity index (χ1v) is 12.5. The molecule has 194 valence electrons. The summed E-state index contributed by atoms with van der Waals surface area (Å²) in [7, 11) is 0. The van der Waals surface area contributed by atoms with Crippen molar-refractivity contribution in [3.8, 4) is 0 Å². The number of aromatic nitrogens is 2. The molecular weight excluding hydrogens is 508 g/mol. The van der Waals surface area contributed by atoms with Crippen molar-refractivity contribution in [3.63, 3.8) is 0 Å². The Balaban J connectivity index is 1.36. The number of amides is 2. The molecule has 4 rings (SSSR count). The van der Waals surface area contributed by atoms with Gasteiger partial charge in [-0.25, -0.2) is 14.6 Å². The van der Waals surface area contributed by atoms with Gasteiger partial charge in [0.1, 0.15) is 6.54 Å². The molecule has 10 nitrogen and oxygen atoms in total. The Labute approximate surface area is 221 Å². The molecular formula is C27H24N4O6S. The third-order valence-electron chi connectivity index (χ3n) is 5.63. The molecule has 2 amide bonds. The molecule has 0 saturated heterocycles. The number of thioether (sulfide) groups is 1. The van der Waals surface area contributed by atoms with Crippen LogP contribution in [-0.2, 0) is 29.2 Å². The number of carboxylic acids is 2. The molecule has 0 aliphatic heterocycles. The maximum Gasteiger partial charge on any atom is 0.335 e. The lowest BCUT2D eigenvalue weighted by Crippen LogP contribution is -2.28. The van der Waals surface area contributed by atoms with Crippen molar-refractivity contribution >= 4 is 46.5 Å². The van der Waals surface area contributed by atoms with Gasteiger partial charge in [0.15, 0.2) is 5.16 Å². The monoisotopic (exact) mass is 532 g/mol. The van der Waals surface area contributed by atoms with Gasteiger partial charge >= 0.3 is 11.9 Å². The Morgan fingerprint density at radius 3 is 1.82 bits per heavy atom. The molecule has 0 spiro atoms. The zero-order chi connectivity index (χ0) is 27.1. The zero-order valence-corrected chi connectivity index (χ0v) is 20.9. The summed E-state index contributed by atoms with van der Waals surface area (Å²) < 4.78 is 1.75. The lowest BCUT2D eigenvalue weighted by atomic mass is 10.1. The van der Waals surface area contributed by atoms with Gasteiger partial charge in [-0.05, 0) is 47.5 Å². The van der Waals surface area contributed by atoms with Crippen molar-refractivity contribution in [1.29, 1.82) is 0 Å². The first kappa shape index (κ1) is 26.4. The topological polar surface area (TPSA) is 151 Å². The fraction of sp³-hybridized carbons (Fsp3) is 0.148. The fourth-order valence-electron chi connectivity index (χ4n) is 3.63. The molecule has 3 aromatic carbocycles. The summed E-state index contributed by atoms with van der Waals surface area (Å²) in [6, 6.07) is 19.9. The van der Waals surface area contributed by atoms with Gasteiger partial charge < -0.3 is 25.4 Å². The molecule has 1 aromatic heterocycles. The van der Waals surface area contributed by atoms with Crippen LogP contribution < -0.4 is 10.6 Å². The van der Waals surface area contributed by atoms with Gasteiger partial charge in [-0.15, -0.1) is 0 Å². The van der Waals surface area contributed by atoms with Gasteiger partial charge in [0, 0.05) is 13.1 Å². The summed E-state index contributed by atoms with van der Waals surface area (Å²) in [4.78, 5) is 51.7. The number of aromatic carboxylic acids is 2. The largest absolute Gasteiger partial charge is 0.478 e. The number of hydrogen-bond donors (Lipinski definition) is 4. The molecule has 0 radical (unpaired) electrons. The van der Waals surface area contributed by atoms with Gasteiger partial charge in [0.25, 0.3) is 0 Å². The number of imidazole rings is 1. The third kappa shape index (κ3) is 6.77. The van der Waals surface area contributed by atoms with E-state index < -0.39 is 11.9 Å². The lowest BCUT2D eigenvalue weighted by molar-refractivity contribution is -0.122. The van der Waals surface area contributed by atoms with Gasteiger partial charge in [-0.1, -0.05) is 48.2 Å². The SMILES string of the molecule is O=C(CSc1nc2ccccc2n1CC(=O)NCc1ccc(C(=O)O)cc1)NCc1ccc(C(=O)O)cc1. The number of benzene rings is 3. The van der Waals surface area contributed by atoms with E-state index in [0.717, 1.165) is 16.6 Å². The van der Waals surface area contributed by atoms with Crippen LogP contribution in [0.15, 0.2) is 78.0 Å². The predicted molar refractivity (Wildman–Crippen MR) is 141 cm³/mol. The average molecular weight is 533 g/mol. The second kappa shape index (κ2) is 12.1. The van der Waals surface area contributed by atoms with E-state index in [1.54, 1.807) is 28.8 Å². The van der Waals surface area contributed by atoms with E-state index in [2.05, 4.69) is 15.6 Å². The number of para-hydroxylation sites is 2. The summed E-state index contributed by atoms with van der Waals surface area (Å²) in [6.45, 7) is 0.489. The summed E-state index contributed by atoms with van der Waals surface area (Å²) >= 11 is 1.21. The van der Waals surface area contributed by atoms with E-state index in [1.165, 1.54) is 36.0 Å². The number of carbonyl (C=O) groups is 4. The number of hydrogen-bond acceptors (Lipinski definition) is 6.